The van der Waals surface area contributed by atoms with Gasteiger partial charge in [-0.15, -0.1) is 0 Å². The zero-order valence-corrected chi connectivity index (χ0v) is 11.7. The normalized spacial score (nSPS) is 28.8. The minimum Gasteiger partial charge on any atom is -0.389 e. The van der Waals surface area contributed by atoms with Gasteiger partial charge in [0.1, 0.15) is 0 Å². The van der Waals surface area contributed by atoms with Crippen LogP contribution in [0.5, 0.6) is 0 Å². The van der Waals surface area contributed by atoms with E-state index in [-0.39, 0.29) is 5.91 Å². The number of carbonyl (C=O) groups excluding carboxylic acids is 1. The molecule has 1 saturated carbocycles. The van der Waals surface area contributed by atoms with Gasteiger partial charge in [0, 0.05) is 13.1 Å². The summed E-state index contributed by atoms with van der Waals surface area (Å²) in [4.78, 5) is 14.3. The van der Waals surface area contributed by atoms with E-state index in [4.69, 9.17) is 0 Å². The van der Waals surface area contributed by atoms with Crippen molar-refractivity contribution in [1.82, 2.24) is 4.90 Å². The van der Waals surface area contributed by atoms with E-state index in [1.807, 2.05) is 4.90 Å². The molecule has 3 nitrogen and oxygen atoms in total. The highest BCUT2D eigenvalue weighted by Gasteiger charge is 2.33. The Morgan fingerprint density at radius 1 is 1.17 bits per heavy atom. The summed E-state index contributed by atoms with van der Waals surface area (Å²) >= 11 is 0. The van der Waals surface area contributed by atoms with Gasteiger partial charge in [0.2, 0.25) is 5.91 Å². The summed E-state index contributed by atoms with van der Waals surface area (Å²) in [6.45, 7) is 4.04. The van der Waals surface area contributed by atoms with E-state index in [9.17, 15) is 9.90 Å². The lowest BCUT2D eigenvalue weighted by Crippen LogP contribution is -2.41. The van der Waals surface area contributed by atoms with Gasteiger partial charge >= 0.3 is 0 Å². The van der Waals surface area contributed by atoms with Crippen LogP contribution in [0.15, 0.2) is 0 Å². The van der Waals surface area contributed by atoms with Gasteiger partial charge in [0.05, 0.1) is 12.0 Å². The molecule has 104 valence electrons. The summed E-state index contributed by atoms with van der Waals surface area (Å²) in [5.41, 5.74) is -0.701. The van der Waals surface area contributed by atoms with Crippen molar-refractivity contribution >= 4 is 5.91 Å². The van der Waals surface area contributed by atoms with Crippen LogP contribution in [-0.4, -0.2) is 34.6 Å². The first-order valence-electron chi connectivity index (χ1n) is 7.59. The van der Waals surface area contributed by atoms with E-state index in [2.05, 4.69) is 6.92 Å². The zero-order valence-electron chi connectivity index (χ0n) is 11.7. The topological polar surface area (TPSA) is 40.5 Å². The Morgan fingerprint density at radius 2 is 1.89 bits per heavy atom. The van der Waals surface area contributed by atoms with E-state index in [1.54, 1.807) is 0 Å². The van der Waals surface area contributed by atoms with Crippen molar-refractivity contribution in [2.75, 3.05) is 13.1 Å². The van der Waals surface area contributed by atoms with Crippen LogP contribution in [-0.2, 0) is 4.79 Å². The monoisotopic (exact) mass is 253 g/mol. The molecule has 2 fully saturated rings. The van der Waals surface area contributed by atoms with Crippen LogP contribution in [0.3, 0.4) is 0 Å². The summed E-state index contributed by atoms with van der Waals surface area (Å²) in [6, 6.07) is 0. The number of hydrogen-bond acceptors (Lipinski definition) is 2. The summed E-state index contributed by atoms with van der Waals surface area (Å²) in [6.07, 6.45) is 8.77. The number of rotatable bonds is 2. The van der Waals surface area contributed by atoms with Crippen LogP contribution in [0.2, 0.25) is 0 Å². The quantitative estimate of drug-likeness (QED) is 0.822. The fourth-order valence-electron chi connectivity index (χ4n) is 3.29. The standard InChI is InChI=1S/C15H27NO2/c1-13-6-5-10-16(11-7-13)14(17)12-15(18)8-3-2-4-9-15/h13,18H,2-12H2,1H3. The Labute approximate surface area is 111 Å². The minimum absolute atomic E-state index is 0.175. The lowest BCUT2D eigenvalue weighted by Gasteiger charge is -2.33. The maximum atomic E-state index is 12.3. The Balaban J connectivity index is 1.86. The molecule has 2 rings (SSSR count). The van der Waals surface area contributed by atoms with Crippen LogP contribution < -0.4 is 0 Å². The number of aliphatic hydroxyl groups is 1. The highest BCUT2D eigenvalue weighted by Crippen LogP contribution is 2.31. The maximum absolute atomic E-state index is 12.3. The molecule has 1 heterocycles. The lowest BCUT2D eigenvalue weighted by atomic mass is 9.82. The molecular weight excluding hydrogens is 226 g/mol. The van der Waals surface area contributed by atoms with Crippen LogP contribution in [0.4, 0.5) is 0 Å². The van der Waals surface area contributed by atoms with Crippen molar-refractivity contribution in [2.24, 2.45) is 5.92 Å². The Bertz CT molecular complexity index is 284. The average molecular weight is 253 g/mol. The Hall–Kier alpha value is -0.570. The molecule has 1 aliphatic carbocycles. The van der Waals surface area contributed by atoms with E-state index in [1.165, 1.54) is 12.8 Å². The van der Waals surface area contributed by atoms with Crippen LogP contribution in [0.1, 0.15) is 64.7 Å². The van der Waals surface area contributed by atoms with E-state index >= 15 is 0 Å². The molecule has 1 aliphatic heterocycles. The predicted molar refractivity (Wildman–Crippen MR) is 72.2 cm³/mol. The van der Waals surface area contributed by atoms with E-state index in [0.29, 0.717) is 6.42 Å². The first-order chi connectivity index (χ1) is 8.59. The number of likely N-dealkylation sites (tertiary alicyclic amines) is 1. The number of amides is 1. The minimum atomic E-state index is -0.701. The van der Waals surface area contributed by atoms with Gasteiger partial charge in [0.15, 0.2) is 0 Å². The van der Waals surface area contributed by atoms with Crippen molar-refractivity contribution in [1.29, 1.82) is 0 Å². The van der Waals surface area contributed by atoms with Crippen molar-refractivity contribution in [3.05, 3.63) is 0 Å². The van der Waals surface area contributed by atoms with E-state index in [0.717, 1.165) is 57.5 Å². The number of hydrogen-bond donors (Lipinski definition) is 1. The molecule has 18 heavy (non-hydrogen) atoms. The maximum Gasteiger partial charge on any atom is 0.225 e. The smallest absolute Gasteiger partial charge is 0.225 e. The summed E-state index contributed by atoms with van der Waals surface area (Å²) in [5, 5.41) is 10.4. The molecule has 2 aliphatic rings. The van der Waals surface area contributed by atoms with Crippen molar-refractivity contribution in [2.45, 2.75) is 70.3 Å². The van der Waals surface area contributed by atoms with Gasteiger partial charge in [0.25, 0.3) is 0 Å². The first-order valence-corrected chi connectivity index (χ1v) is 7.59. The molecule has 1 saturated heterocycles. The van der Waals surface area contributed by atoms with Gasteiger partial charge in [-0.1, -0.05) is 26.2 Å². The fraction of sp³-hybridized carbons (Fsp3) is 0.933. The highest BCUT2D eigenvalue weighted by molar-refractivity contribution is 5.77. The molecule has 1 atom stereocenters. The first kappa shape index (κ1) is 13.9. The SMILES string of the molecule is CC1CCCN(C(=O)CC2(O)CCCCC2)CC1. The second-order valence-electron chi connectivity index (χ2n) is 6.38. The number of nitrogens with zero attached hydrogens (tertiary/aromatic N) is 1. The predicted octanol–water partition coefficient (Wildman–Crippen LogP) is 2.72. The van der Waals surface area contributed by atoms with Crippen molar-refractivity contribution in [3.8, 4) is 0 Å². The van der Waals surface area contributed by atoms with Gasteiger partial charge in [-0.2, -0.15) is 0 Å². The average Bonchev–Trinajstić information content (AvgIpc) is 2.54. The lowest BCUT2D eigenvalue weighted by molar-refractivity contribution is -0.137. The van der Waals surface area contributed by atoms with E-state index < -0.39 is 5.60 Å². The molecule has 1 amide bonds. The third-order valence-electron chi connectivity index (χ3n) is 4.63. The summed E-state index contributed by atoms with van der Waals surface area (Å²) < 4.78 is 0. The summed E-state index contributed by atoms with van der Waals surface area (Å²) in [7, 11) is 0. The third kappa shape index (κ3) is 3.71. The molecule has 0 bridgehead atoms. The van der Waals surface area contributed by atoms with Gasteiger partial charge < -0.3 is 10.0 Å². The molecule has 0 radical (unpaired) electrons. The largest absolute Gasteiger partial charge is 0.389 e. The van der Waals surface area contributed by atoms with Crippen LogP contribution in [0.25, 0.3) is 0 Å². The molecule has 0 aromatic carbocycles. The highest BCUT2D eigenvalue weighted by atomic mass is 16.3. The van der Waals surface area contributed by atoms with Crippen molar-refractivity contribution in [3.63, 3.8) is 0 Å². The van der Waals surface area contributed by atoms with Crippen molar-refractivity contribution < 1.29 is 9.90 Å². The second-order valence-corrected chi connectivity index (χ2v) is 6.38. The molecule has 0 spiro atoms. The number of carbonyl (C=O) groups is 1. The molecule has 0 aromatic heterocycles. The Morgan fingerprint density at radius 3 is 2.61 bits per heavy atom. The van der Waals surface area contributed by atoms with Crippen LogP contribution >= 0.6 is 0 Å². The molecule has 3 heteroatoms. The fourth-order valence-corrected chi connectivity index (χ4v) is 3.29. The molecular formula is C15H27NO2. The van der Waals surface area contributed by atoms with Gasteiger partial charge in [-0.05, 0) is 38.0 Å². The molecule has 1 N–H and O–H groups in total. The third-order valence-corrected chi connectivity index (χ3v) is 4.63. The summed E-state index contributed by atoms with van der Waals surface area (Å²) in [5.74, 6) is 0.911. The van der Waals surface area contributed by atoms with Crippen LogP contribution in [0, 0.1) is 5.92 Å². The molecule has 0 aromatic rings. The van der Waals surface area contributed by atoms with Gasteiger partial charge in [-0.3, -0.25) is 4.79 Å². The Kier molecular flexibility index (Phi) is 4.66. The van der Waals surface area contributed by atoms with Gasteiger partial charge in [-0.25, -0.2) is 0 Å². The second kappa shape index (κ2) is 6.05. The zero-order chi connectivity index (χ0) is 13.0. The molecule has 1 unspecified atom stereocenters.